The Balaban J connectivity index is 2.51. The van der Waals surface area contributed by atoms with Crippen molar-refractivity contribution < 1.29 is 0 Å². The quantitative estimate of drug-likeness (QED) is 0.501. The van der Waals surface area contributed by atoms with E-state index in [4.69, 9.17) is 0 Å². The van der Waals surface area contributed by atoms with E-state index >= 15 is 0 Å². The van der Waals surface area contributed by atoms with Crippen LogP contribution in [-0.4, -0.2) is 4.57 Å². The molecule has 0 aliphatic carbocycles. The van der Waals surface area contributed by atoms with Crippen molar-refractivity contribution in [3.63, 3.8) is 0 Å². The molecular weight excluding hydrogens is 170 g/mol. The van der Waals surface area contributed by atoms with Crippen LogP contribution >= 0.6 is 0 Å². The zero-order chi connectivity index (χ0) is 9.54. The maximum Gasteiger partial charge on any atom is 0.0111 e. The summed E-state index contributed by atoms with van der Waals surface area (Å²) in [5.74, 6) is 0. The molecule has 1 nitrogen and oxygen atoms in total. The molecule has 2 aromatic carbocycles. The second-order valence-electron chi connectivity index (χ2n) is 3.75. The normalized spacial score (nSPS) is 11.2. The van der Waals surface area contributed by atoms with Gasteiger partial charge in [-0.3, -0.25) is 0 Å². The topological polar surface area (TPSA) is 4.93 Å². The van der Waals surface area contributed by atoms with E-state index in [2.05, 4.69) is 60.4 Å². The Bertz CT molecular complexity index is 552. The van der Waals surface area contributed by atoms with Crippen LogP contribution in [0.4, 0.5) is 0 Å². The molecule has 14 heavy (non-hydrogen) atoms. The van der Waals surface area contributed by atoms with Gasteiger partial charge in [0.15, 0.2) is 0 Å². The van der Waals surface area contributed by atoms with Crippen molar-refractivity contribution in [1.82, 2.24) is 4.57 Å². The van der Waals surface area contributed by atoms with Gasteiger partial charge in [0.2, 0.25) is 0 Å². The van der Waals surface area contributed by atoms with Crippen LogP contribution in [-0.2, 0) is 7.05 Å². The van der Waals surface area contributed by atoms with Crippen molar-refractivity contribution in [2.45, 2.75) is 0 Å². The van der Waals surface area contributed by atoms with Crippen molar-refractivity contribution in [2.75, 3.05) is 0 Å². The van der Waals surface area contributed by atoms with Gasteiger partial charge >= 0.3 is 0 Å². The minimum absolute atomic E-state index is 1.31. The number of benzene rings is 2. The predicted molar refractivity (Wildman–Crippen MR) is 60.4 cm³/mol. The molecule has 1 heterocycles. The molecule has 1 aromatic heterocycles. The Morgan fingerprint density at radius 1 is 0.786 bits per heavy atom. The lowest BCUT2D eigenvalue weighted by Gasteiger charge is -1.96. The molecule has 3 rings (SSSR count). The summed E-state index contributed by atoms with van der Waals surface area (Å²) in [5.41, 5.74) is 0. The van der Waals surface area contributed by atoms with Gasteiger partial charge in [0.05, 0.1) is 0 Å². The number of aryl methyl sites for hydroxylation is 1. The fraction of sp³-hybridized carbons (Fsp3) is 0.0769. The first-order valence-corrected chi connectivity index (χ1v) is 4.77. The zero-order valence-corrected chi connectivity index (χ0v) is 8.07. The molecule has 0 saturated heterocycles. The second kappa shape index (κ2) is 2.61. The third-order valence-corrected chi connectivity index (χ3v) is 2.64. The number of nitrogens with zero attached hydrogens (tertiary/aromatic N) is 1. The van der Waals surface area contributed by atoms with Crippen LogP contribution < -0.4 is 0 Å². The molecule has 0 saturated carbocycles. The largest absolute Gasteiger partial charge is 0.356 e. The minimum atomic E-state index is 1.31. The van der Waals surface area contributed by atoms with Crippen LogP contribution in [0.15, 0.2) is 48.8 Å². The second-order valence-corrected chi connectivity index (χ2v) is 3.75. The first kappa shape index (κ1) is 7.63. The summed E-state index contributed by atoms with van der Waals surface area (Å²) in [7, 11) is 2.06. The summed E-state index contributed by atoms with van der Waals surface area (Å²) >= 11 is 0. The summed E-state index contributed by atoms with van der Waals surface area (Å²) < 4.78 is 2.10. The van der Waals surface area contributed by atoms with Crippen molar-refractivity contribution in [3.05, 3.63) is 48.8 Å². The van der Waals surface area contributed by atoms with E-state index in [0.29, 0.717) is 0 Å². The Labute approximate surface area is 82.6 Å². The fourth-order valence-corrected chi connectivity index (χ4v) is 1.98. The van der Waals surface area contributed by atoms with Crippen molar-refractivity contribution in [1.29, 1.82) is 0 Å². The van der Waals surface area contributed by atoms with E-state index in [9.17, 15) is 0 Å². The van der Waals surface area contributed by atoms with Gasteiger partial charge in [-0.25, -0.2) is 0 Å². The Morgan fingerprint density at radius 2 is 1.29 bits per heavy atom. The predicted octanol–water partition coefficient (Wildman–Crippen LogP) is 3.33. The lowest BCUT2D eigenvalue weighted by molar-refractivity contribution is 0.934. The van der Waals surface area contributed by atoms with Crippen LogP contribution in [0.5, 0.6) is 0 Å². The van der Waals surface area contributed by atoms with Gasteiger partial charge in [0.1, 0.15) is 0 Å². The standard InChI is InChI=1S/C13H11N/c1-14-8-12-6-10-4-2-3-5-11(10)7-13(12)9-14/h2-9H,1H3. The van der Waals surface area contributed by atoms with Gasteiger partial charge in [-0.05, 0) is 33.7 Å². The highest BCUT2D eigenvalue weighted by atomic mass is 14.9. The van der Waals surface area contributed by atoms with E-state index in [-0.39, 0.29) is 0 Å². The Kier molecular flexibility index (Phi) is 1.42. The Hall–Kier alpha value is -1.76. The van der Waals surface area contributed by atoms with E-state index in [1.807, 2.05) is 0 Å². The number of aromatic nitrogens is 1. The SMILES string of the molecule is Cn1cc2cc3ccccc3cc2c1. The molecular formula is C13H11N. The molecule has 0 aliphatic heterocycles. The molecule has 0 bridgehead atoms. The molecule has 68 valence electrons. The highest BCUT2D eigenvalue weighted by Crippen LogP contribution is 2.22. The van der Waals surface area contributed by atoms with Crippen LogP contribution in [0.25, 0.3) is 21.5 Å². The summed E-state index contributed by atoms with van der Waals surface area (Å²) in [4.78, 5) is 0. The highest BCUT2D eigenvalue weighted by molar-refractivity contribution is 5.98. The van der Waals surface area contributed by atoms with Gasteiger partial charge < -0.3 is 4.57 Å². The number of hydrogen-bond acceptors (Lipinski definition) is 0. The van der Waals surface area contributed by atoms with Crippen LogP contribution in [0, 0.1) is 0 Å². The smallest absolute Gasteiger partial charge is 0.0111 e. The minimum Gasteiger partial charge on any atom is -0.356 e. The van der Waals surface area contributed by atoms with Gasteiger partial charge in [-0.15, -0.1) is 0 Å². The van der Waals surface area contributed by atoms with Crippen LogP contribution in [0.3, 0.4) is 0 Å². The molecule has 0 amide bonds. The lowest BCUT2D eigenvalue weighted by Crippen LogP contribution is -1.75. The molecule has 0 fully saturated rings. The zero-order valence-electron chi connectivity index (χ0n) is 8.07. The maximum absolute atomic E-state index is 2.24. The van der Waals surface area contributed by atoms with Crippen molar-refractivity contribution in [2.24, 2.45) is 7.05 Å². The summed E-state index contributed by atoms with van der Waals surface area (Å²) in [6.45, 7) is 0. The van der Waals surface area contributed by atoms with E-state index < -0.39 is 0 Å². The van der Waals surface area contributed by atoms with E-state index in [0.717, 1.165) is 0 Å². The monoisotopic (exact) mass is 181 g/mol. The molecule has 0 N–H and O–H groups in total. The third kappa shape index (κ3) is 1.02. The summed E-state index contributed by atoms with van der Waals surface area (Å²) in [6.07, 6.45) is 4.31. The summed E-state index contributed by atoms with van der Waals surface area (Å²) in [5, 5.41) is 5.25. The molecule has 0 atom stereocenters. The lowest BCUT2D eigenvalue weighted by atomic mass is 10.1. The van der Waals surface area contributed by atoms with Gasteiger partial charge in [-0.2, -0.15) is 0 Å². The molecule has 3 aromatic rings. The van der Waals surface area contributed by atoms with Gasteiger partial charge in [0, 0.05) is 19.4 Å². The fourth-order valence-electron chi connectivity index (χ4n) is 1.98. The van der Waals surface area contributed by atoms with Gasteiger partial charge in [-0.1, -0.05) is 24.3 Å². The average Bonchev–Trinajstić information content (AvgIpc) is 2.53. The third-order valence-electron chi connectivity index (χ3n) is 2.64. The van der Waals surface area contributed by atoms with Crippen LogP contribution in [0.2, 0.25) is 0 Å². The van der Waals surface area contributed by atoms with Crippen molar-refractivity contribution >= 4 is 21.5 Å². The molecule has 0 radical (unpaired) electrons. The first-order chi connectivity index (χ1) is 6.83. The number of rotatable bonds is 0. The molecule has 0 unspecified atom stereocenters. The average molecular weight is 181 g/mol. The highest BCUT2D eigenvalue weighted by Gasteiger charge is 1.98. The van der Waals surface area contributed by atoms with E-state index in [1.54, 1.807) is 0 Å². The summed E-state index contributed by atoms with van der Waals surface area (Å²) in [6, 6.07) is 13.0. The van der Waals surface area contributed by atoms with Crippen molar-refractivity contribution in [3.8, 4) is 0 Å². The maximum atomic E-state index is 2.24. The molecule has 0 aliphatic rings. The number of fused-ring (bicyclic) bond motifs is 2. The van der Waals surface area contributed by atoms with Crippen LogP contribution in [0.1, 0.15) is 0 Å². The Morgan fingerprint density at radius 3 is 1.79 bits per heavy atom. The van der Waals surface area contributed by atoms with Gasteiger partial charge in [0.25, 0.3) is 0 Å². The first-order valence-electron chi connectivity index (χ1n) is 4.77. The molecule has 0 spiro atoms. The molecule has 1 heteroatoms. The van der Waals surface area contributed by atoms with E-state index in [1.165, 1.54) is 21.5 Å². The number of hydrogen-bond donors (Lipinski definition) is 0.